The summed E-state index contributed by atoms with van der Waals surface area (Å²) in [5.41, 5.74) is 0.120. The van der Waals surface area contributed by atoms with Crippen LogP contribution in [0.4, 0.5) is 8.78 Å². The minimum Gasteiger partial charge on any atom is -0.481 e. The summed E-state index contributed by atoms with van der Waals surface area (Å²) in [7, 11) is 0. The Morgan fingerprint density at radius 2 is 1.93 bits per heavy atom. The maximum atomic E-state index is 13.6. The monoisotopic (exact) mass is 214 g/mol. The first kappa shape index (κ1) is 11.6. The number of aryl methyl sites for hydroxylation is 1. The zero-order valence-corrected chi connectivity index (χ0v) is 8.77. The van der Waals surface area contributed by atoms with Gasteiger partial charge in [0.2, 0.25) is 0 Å². The number of aliphatic carboxylic acids is 1. The van der Waals surface area contributed by atoms with E-state index < -0.39 is 23.5 Å². The van der Waals surface area contributed by atoms with E-state index in [1.54, 1.807) is 0 Å². The lowest BCUT2D eigenvalue weighted by Gasteiger charge is -2.14. The molecule has 0 heterocycles. The number of carboxylic acid groups (broad SMARTS) is 1. The second-order valence-electron chi connectivity index (χ2n) is 3.59. The average molecular weight is 214 g/mol. The first-order valence-corrected chi connectivity index (χ1v) is 4.54. The number of halogens is 2. The van der Waals surface area contributed by atoms with Crippen molar-refractivity contribution >= 4 is 5.97 Å². The number of benzene rings is 1. The molecule has 0 bridgehead atoms. The topological polar surface area (TPSA) is 37.3 Å². The molecule has 0 fully saturated rings. The summed E-state index contributed by atoms with van der Waals surface area (Å²) in [5.74, 6) is -3.41. The van der Waals surface area contributed by atoms with Gasteiger partial charge < -0.3 is 5.11 Å². The zero-order valence-electron chi connectivity index (χ0n) is 8.77. The molecule has 0 aliphatic carbocycles. The molecule has 0 spiro atoms. The highest BCUT2D eigenvalue weighted by Gasteiger charge is 2.23. The highest BCUT2D eigenvalue weighted by atomic mass is 19.1. The molecule has 1 atom stereocenters. The van der Waals surface area contributed by atoms with Crippen molar-refractivity contribution in [3.63, 3.8) is 0 Å². The van der Waals surface area contributed by atoms with Gasteiger partial charge in [-0.05, 0) is 38.0 Å². The maximum absolute atomic E-state index is 13.6. The van der Waals surface area contributed by atoms with Gasteiger partial charge in [0.05, 0.1) is 5.92 Å². The van der Waals surface area contributed by atoms with Gasteiger partial charge in [-0.3, -0.25) is 4.79 Å². The quantitative estimate of drug-likeness (QED) is 0.821. The highest BCUT2D eigenvalue weighted by molar-refractivity contribution is 5.76. The van der Waals surface area contributed by atoms with Crippen LogP contribution in [0.5, 0.6) is 0 Å². The van der Waals surface area contributed by atoms with E-state index in [0.29, 0.717) is 0 Å². The predicted octanol–water partition coefficient (Wildman–Crippen LogP) is 2.77. The lowest BCUT2D eigenvalue weighted by Crippen LogP contribution is -2.13. The van der Waals surface area contributed by atoms with Gasteiger partial charge in [-0.25, -0.2) is 8.78 Å². The van der Waals surface area contributed by atoms with Crippen LogP contribution in [0.1, 0.15) is 29.5 Å². The van der Waals surface area contributed by atoms with Crippen LogP contribution in [0.25, 0.3) is 0 Å². The molecule has 0 saturated heterocycles. The van der Waals surface area contributed by atoms with Crippen LogP contribution >= 0.6 is 0 Å². The molecular formula is C11H12F2O2. The van der Waals surface area contributed by atoms with Crippen LogP contribution in [0.3, 0.4) is 0 Å². The molecule has 0 aliphatic heterocycles. The summed E-state index contributed by atoms with van der Waals surface area (Å²) in [5, 5.41) is 8.78. The van der Waals surface area contributed by atoms with Crippen molar-refractivity contribution in [2.24, 2.45) is 0 Å². The van der Waals surface area contributed by atoms with Gasteiger partial charge in [0.1, 0.15) is 11.6 Å². The number of carboxylic acids is 1. The van der Waals surface area contributed by atoms with Gasteiger partial charge in [-0.1, -0.05) is 0 Å². The first-order valence-electron chi connectivity index (χ1n) is 4.54. The van der Waals surface area contributed by atoms with Gasteiger partial charge in [0.25, 0.3) is 0 Å². The van der Waals surface area contributed by atoms with E-state index in [0.717, 1.165) is 6.07 Å². The summed E-state index contributed by atoms with van der Waals surface area (Å²) in [6, 6.07) is 1.07. The fourth-order valence-electron chi connectivity index (χ4n) is 1.51. The Bertz CT molecular complexity index is 387. The smallest absolute Gasteiger partial charge is 0.310 e. The SMILES string of the molecule is Cc1cc(F)c(C)c(C(C)C(=O)O)c1F. The van der Waals surface area contributed by atoms with Crippen LogP contribution in [-0.2, 0) is 4.79 Å². The third-order valence-corrected chi connectivity index (χ3v) is 2.49. The molecule has 1 N–H and O–H groups in total. The Hall–Kier alpha value is -1.45. The predicted molar refractivity (Wildman–Crippen MR) is 51.9 cm³/mol. The fourth-order valence-corrected chi connectivity index (χ4v) is 1.51. The molecule has 1 unspecified atom stereocenters. The minimum atomic E-state index is -1.16. The molecule has 0 aliphatic rings. The molecule has 0 radical (unpaired) electrons. The standard InChI is InChI=1S/C11H12F2O2/c1-5-4-8(12)6(2)9(10(5)13)7(3)11(14)15/h4,7H,1-3H3,(H,14,15). The molecule has 1 aromatic rings. The van der Waals surface area contributed by atoms with Crippen molar-refractivity contribution < 1.29 is 18.7 Å². The molecule has 1 rings (SSSR count). The summed E-state index contributed by atoms with van der Waals surface area (Å²) in [6.45, 7) is 4.13. The Morgan fingerprint density at radius 3 is 2.40 bits per heavy atom. The van der Waals surface area contributed by atoms with E-state index in [1.807, 2.05) is 0 Å². The maximum Gasteiger partial charge on any atom is 0.310 e. The highest BCUT2D eigenvalue weighted by Crippen LogP contribution is 2.27. The van der Waals surface area contributed by atoms with Crippen LogP contribution in [0.2, 0.25) is 0 Å². The number of hydrogen-bond donors (Lipinski definition) is 1. The van der Waals surface area contributed by atoms with Crippen molar-refractivity contribution in [2.45, 2.75) is 26.7 Å². The fraction of sp³-hybridized carbons (Fsp3) is 0.364. The molecular weight excluding hydrogens is 202 g/mol. The molecule has 2 nitrogen and oxygen atoms in total. The summed E-state index contributed by atoms with van der Waals surface area (Å²) >= 11 is 0. The number of rotatable bonds is 2. The van der Waals surface area contributed by atoms with Gasteiger partial charge in [0, 0.05) is 5.56 Å². The van der Waals surface area contributed by atoms with Crippen molar-refractivity contribution in [1.82, 2.24) is 0 Å². The van der Waals surface area contributed by atoms with Crippen molar-refractivity contribution in [3.8, 4) is 0 Å². The van der Waals surface area contributed by atoms with E-state index in [-0.39, 0.29) is 16.7 Å². The van der Waals surface area contributed by atoms with Crippen LogP contribution < -0.4 is 0 Å². The Morgan fingerprint density at radius 1 is 1.40 bits per heavy atom. The van der Waals surface area contributed by atoms with E-state index in [9.17, 15) is 13.6 Å². The van der Waals surface area contributed by atoms with Gasteiger partial charge in [-0.2, -0.15) is 0 Å². The molecule has 0 amide bonds. The van der Waals surface area contributed by atoms with Gasteiger partial charge in [0.15, 0.2) is 0 Å². The van der Waals surface area contributed by atoms with E-state index in [2.05, 4.69) is 0 Å². The number of hydrogen-bond acceptors (Lipinski definition) is 1. The minimum absolute atomic E-state index is 0.0630. The second kappa shape index (κ2) is 3.96. The van der Waals surface area contributed by atoms with Crippen LogP contribution in [0.15, 0.2) is 6.07 Å². The summed E-state index contributed by atoms with van der Waals surface area (Å²) in [4.78, 5) is 10.7. The normalized spacial score (nSPS) is 12.6. The third-order valence-electron chi connectivity index (χ3n) is 2.49. The van der Waals surface area contributed by atoms with Gasteiger partial charge >= 0.3 is 5.97 Å². The average Bonchev–Trinajstić information content (AvgIpc) is 2.15. The zero-order chi connectivity index (χ0) is 11.7. The molecule has 82 valence electrons. The summed E-state index contributed by atoms with van der Waals surface area (Å²) in [6.07, 6.45) is 0. The molecule has 0 saturated carbocycles. The molecule has 4 heteroatoms. The summed E-state index contributed by atoms with van der Waals surface area (Å²) < 4.78 is 26.9. The third kappa shape index (κ3) is 1.98. The Labute approximate surface area is 86.5 Å². The lowest BCUT2D eigenvalue weighted by atomic mass is 9.93. The Kier molecular flexibility index (Phi) is 3.07. The van der Waals surface area contributed by atoms with E-state index in [4.69, 9.17) is 5.11 Å². The van der Waals surface area contributed by atoms with Gasteiger partial charge in [-0.15, -0.1) is 0 Å². The first-order chi connectivity index (χ1) is 6.86. The second-order valence-corrected chi connectivity index (χ2v) is 3.59. The van der Waals surface area contributed by atoms with Crippen molar-refractivity contribution in [1.29, 1.82) is 0 Å². The van der Waals surface area contributed by atoms with E-state index >= 15 is 0 Å². The largest absolute Gasteiger partial charge is 0.481 e. The van der Waals surface area contributed by atoms with Crippen LogP contribution in [-0.4, -0.2) is 11.1 Å². The number of carbonyl (C=O) groups is 1. The van der Waals surface area contributed by atoms with E-state index in [1.165, 1.54) is 20.8 Å². The van der Waals surface area contributed by atoms with Crippen LogP contribution in [0, 0.1) is 25.5 Å². The lowest BCUT2D eigenvalue weighted by molar-refractivity contribution is -0.138. The molecule has 15 heavy (non-hydrogen) atoms. The molecule has 1 aromatic carbocycles. The van der Waals surface area contributed by atoms with Crippen molar-refractivity contribution in [3.05, 3.63) is 34.4 Å². The molecule has 0 aromatic heterocycles. The van der Waals surface area contributed by atoms with Crippen molar-refractivity contribution in [2.75, 3.05) is 0 Å². The Balaban J connectivity index is 3.45.